The van der Waals surface area contributed by atoms with Crippen LogP contribution in [0.4, 0.5) is 0 Å². The maximum Gasteiger partial charge on any atom is 0.188 e. The fraction of sp³-hybridized carbons (Fsp3) is 0.533. The Morgan fingerprint density at radius 3 is 2.50 bits per heavy atom. The summed E-state index contributed by atoms with van der Waals surface area (Å²) in [5.74, 6) is 0.109. The Bertz CT molecular complexity index is 1010. The molecule has 0 heterocycles. The highest BCUT2D eigenvalue weighted by Crippen LogP contribution is 2.37. The smallest absolute Gasteiger partial charge is 0.188 e. The lowest BCUT2D eigenvalue weighted by Crippen LogP contribution is -2.33. The van der Waals surface area contributed by atoms with Crippen LogP contribution in [0.1, 0.15) is 72.6 Å². The van der Waals surface area contributed by atoms with Gasteiger partial charge < -0.3 is 19.8 Å². The number of ether oxygens (including phenoxy) is 1. The molecular weight excluding hydrogens is 452 g/mol. The van der Waals surface area contributed by atoms with Gasteiger partial charge in [0.25, 0.3) is 0 Å². The largest absolute Gasteiger partial charge is 0.392 e. The first kappa shape index (κ1) is 29.7. The Balaban J connectivity index is 1.97. The van der Waals surface area contributed by atoms with E-state index in [1.165, 1.54) is 0 Å². The van der Waals surface area contributed by atoms with Crippen LogP contribution < -0.4 is 0 Å². The number of likely N-dealkylation sites (N-methyl/N-ethyl adjacent to an activating group) is 1. The molecule has 0 radical (unpaired) electrons. The predicted octanol–water partition coefficient (Wildman–Crippen LogP) is 4.65. The molecule has 0 aliphatic carbocycles. The first-order chi connectivity index (χ1) is 17.3. The summed E-state index contributed by atoms with van der Waals surface area (Å²) in [7, 11) is 2.08. The van der Waals surface area contributed by atoms with Crippen molar-refractivity contribution in [2.45, 2.75) is 65.1 Å². The molecule has 2 rings (SSSR count). The number of hydrogen-bond acceptors (Lipinski definition) is 6. The monoisotopic (exact) mass is 494 g/mol. The van der Waals surface area contributed by atoms with Crippen LogP contribution in [0.2, 0.25) is 0 Å². The van der Waals surface area contributed by atoms with Crippen molar-refractivity contribution in [1.82, 2.24) is 4.90 Å². The number of hydrogen-bond donors (Lipinski definition) is 2. The summed E-state index contributed by atoms with van der Waals surface area (Å²) in [5.41, 5.74) is 3.41. The molecule has 0 saturated carbocycles. The molecule has 196 valence electrons. The summed E-state index contributed by atoms with van der Waals surface area (Å²) in [6.45, 7) is 8.27. The third kappa shape index (κ3) is 7.97. The van der Waals surface area contributed by atoms with Crippen LogP contribution in [-0.2, 0) is 29.8 Å². The van der Waals surface area contributed by atoms with Crippen molar-refractivity contribution in [3.63, 3.8) is 0 Å². The lowest BCUT2D eigenvalue weighted by molar-refractivity contribution is 0.0761. The lowest BCUT2D eigenvalue weighted by Gasteiger charge is -2.32. The summed E-state index contributed by atoms with van der Waals surface area (Å²) >= 11 is 0. The Morgan fingerprint density at radius 1 is 1.11 bits per heavy atom. The van der Waals surface area contributed by atoms with Crippen LogP contribution in [0.15, 0.2) is 42.5 Å². The van der Waals surface area contributed by atoms with Crippen molar-refractivity contribution in [2.75, 3.05) is 33.4 Å². The number of benzene rings is 2. The normalized spacial score (nSPS) is 13.1. The number of aliphatic hydroxyl groups is 2. The average Bonchev–Trinajstić information content (AvgIpc) is 2.89. The molecule has 2 aromatic rings. The summed E-state index contributed by atoms with van der Waals surface area (Å²) < 4.78 is 5.39. The molecule has 0 fully saturated rings. The minimum Gasteiger partial charge on any atom is -0.392 e. The van der Waals surface area contributed by atoms with Crippen molar-refractivity contribution in [3.05, 3.63) is 70.3 Å². The third-order valence-corrected chi connectivity index (χ3v) is 6.97. The van der Waals surface area contributed by atoms with E-state index >= 15 is 0 Å². The lowest BCUT2D eigenvalue weighted by atomic mass is 9.69. The molecule has 6 heteroatoms. The molecule has 1 unspecified atom stereocenters. The van der Waals surface area contributed by atoms with Gasteiger partial charge in [-0.2, -0.15) is 5.26 Å². The van der Waals surface area contributed by atoms with E-state index in [4.69, 9.17) is 4.74 Å². The summed E-state index contributed by atoms with van der Waals surface area (Å²) in [6.07, 6.45) is 3.29. The van der Waals surface area contributed by atoms with Gasteiger partial charge >= 0.3 is 0 Å². The number of Topliss-reactive ketones (excluding diaryl/α,β-unsaturated/α-hetero) is 1. The SMILES string of the molecule is CCCOCC(=O)c1cccc(CCN(C)CCCC(C#N)(c2ccc(CO)c(CO)c2)C(C)C)c1. The second-order valence-electron chi connectivity index (χ2n) is 9.87. The predicted molar refractivity (Wildman–Crippen MR) is 143 cm³/mol. The fourth-order valence-corrected chi connectivity index (χ4v) is 4.57. The zero-order chi connectivity index (χ0) is 26.6. The highest BCUT2D eigenvalue weighted by molar-refractivity contribution is 5.97. The number of aliphatic hydroxyl groups excluding tert-OH is 2. The van der Waals surface area contributed by atoms with Gasteiger partial charge in [0.2, 0.25) is 0 Å². The maximum absolute atomic E-state index is 12.3. The molecule has 0 bridgehead atoms. The number of rotatable bonds is 16. The van der Waals surface area contributed by atoms with Gasteiger partial charge in [-0.05, 0) is 73.5 Å². The molecule has 6 nitrogen and oxygen atoms in total. The van der Waals surface area contributed by atoms with Gasteiger partial charge in [0.1, 0.15) is 6.61 Å². The van der Waals surface area contributed by atoms with Gasteiger partial charge in [0, 0.05) is 18.7 Å². The number of carbonyl (C=O) groups is 1. The van der Waals surface area contributed by atoms with E-state index in [2.05, 4.69) is 31.9 Å². The minimum atomic E-state index is -0.659. The molecule has 0 aromatic heterocycles. The second-order valence-corrected chi connectivity index (χ2v) is 9.87. The molecule has 1 atom stereocenters. The summed E-state index contributed by atoms with van der Waals surface area (Å²) in [6, 6.07) is 16.0. The first-order valence-corrected chi connectivity index (χ1v) is 12.9. The van der Waals surface area contributed by atoms with Gasteiger partial charge in [-0.1, -0.05) is 57.2 Å². The van der Waals surface area contributed by atoms with E-state index < -0.39 is 5.41 Å². The molecular formula is C30H42N2O4. The number of nitrogens with zero attached hydrogens (tertiary/aromatic N) is 2. The van der Waals surface area contributed by atoms with Crippen LogP contribution in [-0.4, -0.2) is 54.2 Å². The molecule has 0 aliphatic rings. The van der Waals surface area contributed by atoms with E-state index in [9.17, 15) is 20.3 Å². The highest BCUT2D eigenvalue weighted by Gasteiger charge is 2.36. The molecule has 2 aromatic carbocycles. The maximum atomic E-state index is 12.3. The van der Waals surface area contributed by atoms with Crippen molar-refractivity contribution in [2.24, 2.45) is 5.92 Å². The van der Waals surface area contributed by atoms with Crippen LogP contribution >= 0.6 is 0 Å². The first-order valence-electron chi connectivity index (χ1n) is 12.9. The average molecular weight is 495 g/mol. The van der Waals surface area contributed by atoms with Crippen molar-refractivity contribution >= 4 is 5.78 Å². The molecule has 0 amide bonds. The Kier molecular flexibility index (Phi) is 12.3. The molecule has 36 heavy (non-hydrogen) atoms. The molecule has 2 N–H and O–H groups in total. The second kappa shape index (κ2) is 14.9. The van der Waals surface area contributed by atoms with E-state index in [-0.39, 0.29) is 31.5 Å². The van der Waals surface area contributed by atoms with Crippen LogP contribution in [0, 0.1) is 17.2 Å². The fourth-order valence-electron chi connectivity index (χ4n) is 4.57. The Labute approximate surface area is 216 Å². The van der Waals surface area contributed by atoms with Crippen molar-refractivity contribution in [1.29, 1.82) is 5.26 Å². The zero-order valence-corrected chi connectivity index (χ0v) is 22.3. The minimum absolute atomic E-state index is 0.0107. The molecule has 0 spiro atoms. The van der Waals surface area contributed by atoms with Gasteiger partial charge in [0.15, 0.2) is 5.78 Å². The summed E-state index contributed by atoms with van der Waals surface area (Å²) in [5, 5.41) is 29.5. The number of nitriles is 1. The van der Waals surface area contributed by atoms with Gasteiger partial charge in [-0.25, -0.2) is 0 Å². The van der Waals surface area contributed by atoms with E-state index in [0.29, 0.717) is 29.7 Å². The van der Waals surface area contributed by atoms with Gasteiger partial charge in [-0.3, -0.25) is 4.79 Å². The van der Waals surface area contributed by atoms with Gasteiger partial charge in [0.05, 0.1) is 24.7 Å². The Hall–Kier alpha value is -2.56. The van der Waals surface area contributed by atoms with Gasteiger partial charge in [-0.15, -0.1) is 0 Å². The summed E-state index contributed by atoms with van der Waals surface area (Å²) in [4.78, 5) is 14.6. The Morgan fingerprint density at radius 2 is 1.86 bits per heavy atom. The molecule has 0 aliphatic heterocycles. The van der Waals surface area contributed by atoms with E-state index in [1.54, 1.807) is 0 Å². The quantitative estimate of drug-likeness (QED) is 0.261. The van der Waals surface area contributed by atoms with Crippen LogP contribution in [0.3, 0.4) is 0 Å². The van der Waals surface area contributed by atoms with Crippen molar-refractivity contribution < 1.29 is 19.7 Å². The van der Waals surface area contributed by atoms with E-state index in [1.807, 2.05) is 49.4 Å². The van der Waals surface area contributed by atoms with Crippen molar-refractivity contribution in [3.8, 4) is 6.07 Å². The number of ketones is 1. The topological polar surface area (TPSA) is 93.8 Å². The standard InChI is InChI=1S/C30H42N2O4/c1-5-16-36-21-29(35)25-9-6-8-24(17-25)12-15-32(4)14-7-13-30(22-31,23(2)3)28-11-10-26(19-33)27(18-28)20-34/h6,8-11,17-18,23,33-34H,5,7,12-16,19-21H2,1-4H3. The van der Waals surface area contributed by atoms with Crippen LogP contribution in [0.5, 0.6) is 0 Å². The third-order valence-electron chi connectivity index (χ3n) is 6.97. The van der Waals surface area contributed by atoms with E-state index in [0.717, 1.165) is 43.5 Å². The molecule has 0 saturated heterocycles. The van der Waals surface area contributed by atoms with Crippen LogP contribution in [0.25, 0.3) is 0 Å². The number of carbonyl (C=O) groups excluding carboxylic acids is 1. The highest BCUT2D eigenvalue weighted by atomic mass is 16.5. The zero-order valence-electron chi connectivity index (χ0n) is 22.3.